The van der Waals surface area contributed by atoms with Gasteiger partial charge in [0, 0.05) is 16.7 Å². The van der Waals surface area contributed by atoms with Gasteiger partial charge in [-0.25, -0.2) is 14.5 Å². The number of rotatable bonds is 5. The third kappa shape index (κ3) is 3.51. The summed E-state index contributed by atoms with van der Waals surface area (Å²) in [6, 6.07) is 28.5. The number of hydrogen-bond donors (Lipinski definition) is 1. The molecular weight excluding hydrogens is 390 g/mol. The van der Waals surface area contributed by atoms with Gasteiger partial charge >= 0.3 is 5.97 Å². The first kappa shape index (κ1) is 18.6. The molecule has 150 valence electrons. The van der Waals surface area contributed by atoms with Crippen LogP contribution in [-0.2, 0) is 0 Å². The Kier molecular flexibility index (Phi) is 4.65. The van der Waals surface area contributed by atoms with E-state index in [4.69, 9.17) is 14.5 Å². The van der Waals surface area contributed by atoms with Crippen LogP contribution in [0.1, 0.15) is 10.4 Å². The molecule has 6 nitrogen and oxygen atoms in total. The van der Waals surface area contributed by atoms with Gasteiger partial charge in [0.25, 0.3) is 0 Å². The molecule has 0 aliphatic carbocycles. The van der Waals surface area contributed by atoms with Crippen molar-refractivity contribution in [3.05, 3.63) is 103 Å². The first-order valence-electron chi connectivity index (χ1n) is 9.70. The minimum Gasteiger partial charge on any atom is -0.478 e. The molecule has 1 N–H and O–H groups in total. The number of carboxylic acids is 1. The average molecular weight is 407 g/mol. The first-order valence-corrected chi connectivity index (χ1v) is 9.70. The van der Waals surface area contributed by atoms with Gasteiger partial charge < -0.3 is 9.52 Å². The van der Waals surface area contributed by atoms with Crippen molar-refractivity contribution < 1.29 is 14.3 Å². The van der Waals surface area contributed by atoms with E-state index in [0.29, 0.717) is 17.1 Å². The molecule has 5 aromatic rings. The highest BCUT2D eigenvalue weighted by Gasteiger charge is 2.18. The third-order valence-electron chi connectivity index (χ3n) is 4.92. The van der Waals surface area contributed by atoms with Crippen molar-refractivity contribution in [1.29, 1.82) is 0 Å². The lowest BCUT2D eigenvalue weighted by molar-refractivity contribution is 0.0697. The van der Waals surface area contributed by atoms with E-state index in [1.54, 1.807) is 6.07 Å². The summed E-state index contributed by atoms with van der Waals surface area (Å²) in [4.78, 5) is 16.3. The standard InChI is InChI=1S/C25H17N3O3/c29-25(30)21-14-15-31-22(21)18-10-7-11-19(16-18)23-26-24(17-8-3-1-4-9-17)28(27-23)20-12-5-2-6-13-20/h1-16H,(H,29,30). The second-order valence-electron chi connectivity index (χ2n) is 6.92. The van der Waals surface area contributed by atoms with Gasteiger partial charge in [0.2, 0.25) is 0 Å². The molecule has 0 saturated carbocycles. The van der Waals surface area contributed by atoms with Crippen molar-refractivity contribution in [2.24, 2.45) is 0 Å². The van der Waals surface area contributed by atoms with Gasteiger partial charge in [-0.2, -0.15) is 0 Å². The highest BCUT2D eigenvalue weighted by molar-refractivity contribution is 5.94. The summed E-state index contributed by atoms with van der Waals surface area (Å²) in [5, 5.41) is 14.2. The number of nitrogens with zero attached hydrogens (tertiary/aromatic N) is 3. The van der Waals surface area contributed by atoms with Crippen LogP contribution in [-0.4, -0.2) is 25.8 Å². The molecule has 0 atom stereocenters. The lowest BCUT2D eigenvalue weighted by atomic mass is 10.1. The van der Waals surface area contributed by atoms with Crippen molar-refractivity contribution in [3.63, 3.8) is 0 Å². The molecule has 2 heterocycles. The van der Waals surface area contributed by atoms with Crippen molar-refractivity contribution in [2.45, 2.75) is 0 Å². The predicted octanol–water partition coefficient (Wildman–Crippen LogP) is 5.56. The summed E-state index contributed by atoms with van der Waals surface area (Å²) in [6.45, 7) is 0. The summed E-state index contributed by atoms with van der Waals surface area (Å²) in [5.41, 5.74) is 3.37. The summed E-state index contributed by atoms with van der Waals surface area (Å²) in [7, 11) is 0. The Morgan fingerprint density at radius 3 is 2.23 bits per heavy atom. The molecule has 0 fully saturated rings. The van der Waals surface area contributed by atoms with E-state index in [9.17, 15) is 9.90 Å². The van der Waals surface area contributed by atoms with E-state index < -0.39 is 5.97 Å². The van der Waals surface area contributed by atoms with Gasteiger partial charge in [-0.15, -0.1) is 5.10 Å². The van der Waals surface area contributed by atoms with Crippen LogP contribution < -0.4 is 0 Å². The molecule has 0 bridgehead atoms. The average Bonchev–Trinajstić information content (AvgIpc) is 3.48. The van der Waals surface area contributed by atoms with Gasteiger partial charge in [0.15, 0.2) is 11.6 Å². The molecule has 5 rings (SSSR count). The zero-order chi connectivity index (χ0) is 21.2. The molecule has 0 aliphatic heterocycles. The van der Waals surface area contributed by atoms with E-state index in [1.807, 2.05) is 83.5 Å². The second kappa shape index (κ2) is 7.76. The normalized spacial score (nSPS) is 10.8. The number of furan rings is 1. The molecule has 6 heteroatoms. The first-order chi connectivity index (χ1) is 15.2. The van der Waals surface area contributed by atoms with Crippen LogP contribution in [0.3, 0.4) is 0 Å². The van der Waals surface area contributed by atoms with Gasteiger partial charge in [0.05, 0.1) is 12.0 Å². The van der Waals surface area contributed by atoms with E-state index in [-0.39, 0.29) is 5.56 Å². The van der Waals surface area contributed by atoms with Gasteiger partial charge in [-0.05, 0) is 24.3 Å². The number of aromatic carboxylic acids is 1. The fraction of sp³-hybridized carbons (Fsp3) is 0. The number of aromatic nitrogens is 3. The number of carbonyl (C=O) groups is 1. The summed E-state index contributed by atoms with van der Waals surface area (Å²) >= 11 is 0. The Labute approximate surface area is 178 Å². The Morgan fingerprint density at radius 2 is 1.48 bits per heavy atom. The molecular formula is C25H17N3O3. The van der Waals surface area contributed by atoms with Crippen LogP contribution in [0.2, 0.25) is 0 Å². The lowest BCUT2D eigenvalue weighted by Crippen LogP contribution is -1.99. The van der Waals surface area contributed by atoms with Gasteiger partial charge in [-0.1, -0.05) is 66.7 Å². The minimum atomic E-state index is -1.04. The van der Waals surface area contributed by atoms with E-state index in [1.165, 1.54) is 12.3 Å². The summed E-state index contributed by atoms with van der Waals surface area (Å²) < 4.78 is 7.26. The number of para-hydroxylation sites is 1. The third-order valence-corrected chi connectivity index (χ3v) is 4.92. The van der Waals surface area contributed by atoms with E-state index >= 15 is 0 Å². The highest BCUT2D eigenvalue weighted by Crippen LogP contribution is 2.30. The van der Waals surface area contributed by atoms with E-state index in [2.05, 4.69) is 0 Å². The van der Waals surface area contributed by atoms with Crippen LogP contribution in [0.4, 0.5) is 0 Å². The molecule has 0 saturated heterocycles. The van der Waals surface area contributed by atoms with Crippen LogP contribution in [0.5, 0.6) is 0 Å². The maximum absolute atomic E-state index is 11.5. The maximum atomic E-state index is 11.5. The fourth-order valence-corrected chi connectivity index (χ4v) is 3.46. The van der Waals surface area contributed by atoms with E-state index in [0.717, 1.165) is 22.6 Å². The number of carboxylic acid groups (broad SMARTS) is 1. The molecule has 0 unspecified atom stereocenters. The summed E-state index contributed by atoms with van der Waals surface area (Å²) in [6.07, 6.45) is 1.38. The molecule has 2 aromatic heterocycles. The topological polar surface area (TPSA) is 81.1 Å². The lowest BCUT2D eigenvalue weighted by Gasteiger charge is -2.05. The smallest absolute Gasteiger partial charge is 0.339 e. The van der Waals surface area contributed by atoms with Crippen molar-refractivity contribution >= 4 is 5.97 Å². The van der Waals surface area contributed by atoms with Crippen molar-refractivity contribution in [1.82, 2.24) is 14.8 Å². The Hall–Kier alpha value is -4.45. The van der Waals surface area contributed by atoms with Crippen LogP contribution >= 0.6 is 0 Å². The zero-order valence-corrected chi connectivity index (χ0v) is 16.3. The zero-order valence-electron chi connectivity index (χ0n) is 16.3. The SMILES string of the molecule is O=C(O)c1ccoc1-c1cccc(-c2nc(-c3ccccc3)n(-c3ccccc3)n2)c1. The van der Waals surface area contributed by atoms with Crippen LogP contribution in [0, 0.1) is 0 Å². The summed E-state index contributed by atoms with van der Waals surface area (Å²) in [5.74, 6) is 0.525. The Morgan fingerprint density at radius 1 is 0.806 bits per heavy atom. The van der Waals surface area contributed by atoms with Gasteiger partial charge in [-0.3, -0.25) is 0 Å². The Balaban J connectivity index is 1.64. The molecule has 31 heavy (non-hydrogen) atoms. The minimum absolute atomic E-state index is 0.116. The van der Waals surface area contributed by atoms with Crippen molar-refractivity contribution in [2.75, 3.05) is 0 Å². The fourth-order valence-electron chi connectivity index (χ4n) is 3.46. The predicted molar refractivity (Wildman–Crippen MR) is 117 cm³/mol. The molecule has 3 aromatic carbocycles. The highest BCUT2D eigenvalue weighted by atomic mass is 16.4. The molecule has 0 spiro atoms. The Bertz CT molecular complexity index is 1300. The van der Waals surface area contributed by atoms with Crippen LogP contribution in [0.25, 0.3) is 39.8 Å². The van der Waals surface area contributed by atoms with Crippen LogP contribution in [0.15, 0.2) is 102 Å². The monoisotopic (exact) mass is 407 g/mol. The molecule has 0 aliphatic rings. The quantitative estimate of drug-likeness (QED) is 0.412. The maximum Gasteiger partial charge on any atom is 0.339 e. The number of hydrogen-bond acceptors (Lipinski definition) is 4. The van der Waals surface area contributed by atoms with Gasteiger partial charge in [0.1, 0.15) is 11.3 Å². The van der Waals surface area contributed by atoms with Crippen molar-refractivity contribution in [3.8, 4) is 39.8 Å². The second-order valence-corrected chi connectivity index (χ2v) is 6.92. The molecule has 0 amide bonds. The number of benzene rings is 3. The largest absolute Gasteiger partial charge is 0.478 e. The molecule has 0 radical (unpaired) electrons.